The quantitative estimate of drug-likeness (QED) is 0.465. The first kappa shape index (κ1) is 27.0. The molecule has 3 atom stereocenters. The van der Waals surface area contributed by atoms with E-state index in [2.05, 4.69) is 16.4 Å². The minimum absolute atomic E-state index is 0.138. The summed E-state index contributed by atoms with van der Waals surface area (Å²) in [6.45, 7) is 6.47. The van der Waals surface area contributed by atoms with Gasteiger partial charge in [-0.2, -0.15) is 0 Å². The molecule has 2 aromatic carbocycles. The lowest BCUT2D eigenvalue weighted by molar-refractivity contribution is -0.168. The van der Waals surface area contributed by atoms with Gasteiger partial charge in [-0.15, -0.1) is 0 Å². The van der Waals surface area contributed by atoms with Crippen LogP contribution in [0.25, 0.3) is 10.9 Å². The number of rotatable bonds is 6. The summed E-state index contributed by atoms with van der Waals surface area (Å²) >= 11 is 5.94. The van der Waals surface area contributed by atoms with Crippen molar-refractivity contribution in [2.45, 2.75) is 57.5 Å². The molecule has 3 aromatic rings. The Kier molecular flexibility index (Phi) is 7.55. The van der Waals surface area contributed by atoms with Gasteiger partial charge in [0.1, 0.15) is 11.7 Å². The number of carbonyl (C=O) groups excluding carboxylic acids is 3. The van der Waals surface area contributed by atoms with Crippen molar-refractivity contribution < 1.29 is 23.9 Å². The molecule has 2 N–H and O–H groups in total. The minimum atomic E-state index is -0.958. The van der Waals surface area contributed by atoms with Crippen LogP contribution in [0.4, 0.5) is 10.5 Å². The third kappa shape index (κ3) is 6.20. The van der Waals surface area contributed by atoms with Gasteiger partial charge in [0.05, 0.1) is 25.1 Å². The number of fused-ring (bicyclic) bond motifs is 2. The Morgan fingerprint density at radius 2 is 1.87 bits per heavy atom. The molecule has 2 aliphatic rings. The molecular weight excluding hydrogens is 520 g/mol. The van der Waals surface area contributed by atoms with Crippen molar-refractivity contribution in [3.8, 4) is 0 Å². The zero-order valence-electron chi connectivity index (χ0n) is 22.3. The largest absolute Gasteiger partial charge is 0.444 e. The van der Waals surface area contributed by atoms with E-state index in [-0.39, 0.29) is 30.8 Å². The Morgan fingerprint density at radius 1 is 1.13 bits per heavy atom. The fourth-order valence-corrected chi connectivity index (χ4v) is 5.31. The van der Waals surface area contributed by atoms with Crippen molar-refractivity contribution in [3.05, 3.63) is 65.3 Å². The lowest BCUT2D eigenvalue weighted by atomic mass is 10.0. The Balaban J connectivity index is 1.33. The number of hydrogen-bond donors (Lipinski definition) is 2. The van der Waals surface area contributed by atoms with Crippen LogP contribution in [0.15, 0.2) is 54.7 Å². The summed E-state index contributed by atoms with van der Waals surface area (Å²) in [4.78, 5) is 46.0. The number of hydrogen-bond acceptors (Lipinski definition) is 5. The first-order valence-electron chi connectivity index (χ1n) is 13.1. The molecule has 2 aliphatic heterocycles. The lowest BCUT2D eigenvalue weighted by Gasteiger charge is -2.40. The van der Waals surface area contributed by atoms with E-state index < -0.39 is 23.9 Å². The second kappa shape index (κ2) is 10.9. The molecule has 206 valence electrons. The zero-order chi connectivity index (χ0) is 27.7. The smallest absolute Gasteiger partial charge is 0.410 e. The number of para-hydroxylation sites is 1. The summed E-state index contributed by atoms with van der Waals surface area (Å²) < 4.78 is 11.7. The molecule has 10 heteroatoms. The molecule has 0 aliphatic carbocycles. The van der Waals surface area contributed by atoms with Gasteiger partial charge in [0.15, 0.2) is 0 Å². The summed E-state index contributed by atoms with van der Waals surface area (Å²) in [6, 6.07) is 14.5. The van der Waals surface area contributed by atoms with Gasteiger partial charge in [-0.25, -0.2) is 4.79 Å². The third-order valence-electron chi connectivity index (χ3n) is 6.98. The van der Waals surface area contributed by atoms with Crippen LogP contribution in [-0.4, -0.2) is 76.2 Å². The van der Waals surface area contributed by atoms with E-state index in [1.165, 1.54) is 0 Å². The van der Waals surface area contributed by atoms with Crippen LogP contribution in [-0.2, 0) is 25.5 Å². The summed E-state index contributed by atoms with van der Waals surface area (Å²) in [5, 5.41) is 4.47. The van der Waals surface area contributed by atoms with E-state index in [0.29, 0.717) is 30.2 Å². The number of ether oxygens (including phenoxy) is 2. The lowest BCUT2D eigenvalue weighted by Crippen LogP contribution is -2.59. The van der Waals surface area contributed by atoms with Crippen molar-refractivity contribution in [1.29, 1.82) is 0 Å². The van der Waals surface area contributed by atoms with Gasteiger partial charge < -0.3 is 29.6 Å². The average molecular weight is 553 g/mol. The molecule has 0 saturated carbocycles. The molecule has 3 heterocycles. The van der Waals surface area contributed by atoms with E-state index in [1.807, 2.05) is 45.2 Å². The van der Waals surface area contributed by atoms with E-state index in [9.17, 15) is 14.4 Å². The molecule has 5 rings (SSSR count). The first-order valence-corrected chi connectivity index (χ1v) is 13.5. The standard InChI is InChI=1S/C29H33ClN4O5/c1-29(2,3)39-28(37)33-16-23-25(17-33)38-24(14-26(35)32-20-10-8-19(30)9-11-20)27(36)34(23)13-12-18-15-31-22-7-5-4-6-21(18)22/h4-11,15,23-25,31H,12-14,16-17H2,1-3H3,(H,32,35). The Hall–Kier alpha value is -3.56. The van der Waals surface area contributed by atoms with Crippen LogP contribution in [0.3, 0.4) is 0 Å². The van der Waals surface area contributed by atoms with Gasteiger partial charge in [-0.1, -0.05) is 29.8 Å². The van der Waals surface area contributed by atoms with Crippen molar-refractivity contribution in [2.75, 3.05) is 25.0 Å². The van der Waals surface area contributed by atoms with Crippen LogP contribution in [0, 0.1) is 0 Å². The van der Waals surface area contributed by atoms with Gasteiger partial charge in [0.25, 0.3) is 5.91 Å². The van der Waals surface area contributed by atoms with Gasteiger partial charge in [0, 0.05) is 40.9 Å². The van der Waals surface area contributed by atoms with Crippen LogP contribution < -0.4 is 5.32 Å². The van der Waals surface area contributed by atoms with E-state index in [4.69, 9.17) is 21.1 Å². The second-order valence-corrected chi connectivity index (χ2v) is 11.5. The number of morpholine rings is 1. The molecule has 1 aromatic heterocycles. The highest BCUT2D eigenvalue weighted by Gasteiger charge is 2.49. The van der Waals surface area contributed by atoms with Gasteiger partial charge >= 0.3 is 6.09 Å². The number of halogens is 1. The molecule has 2 fully saturated rings. The van der Waals surface area contributed by atoms with Crippen molar-refractivity contribution in [3.63, 3.8) is 0 Å². The number of likely N-dealkylation sites (tertiary alicyclic amines) is 1. The number of benzene rings is 2. The van der Waals surface area contributed by atoms with Crippen LogP contribution in [0.5, 0.6) is 0 Å². The molecule has 3 amide bonds. The van der Waals surface area contributed by atoms with Crippen molar-refractivity contribution in [2.24, 2.45) is 0 Å². The molecule has 3 unspecified atom stereocenters. The van der Waals surface area contributed by atoms with E-state index >= 15 is 0 Å². The number of carbonyl (C=O) groups is 3. The number of nitrogens with one attached hydrogen (secondary N) is 2. The first-order chi connectivity index (χ1) is 18.6. The molecule has 0 bridgehead atoms. The normalized spacial score (nSPS) is 21.2. The van der Waals surface area contributed by atoms with Crippen molar-refractivity contribution in [1.82, 2.24) is 14.8 Å². The van der Waals surface area contributed by atoms with Gasteiger partial charge in [-0.05, 0) is 63.1 Å². The zero-order valence-corrected chi connectivity index (χ0v) is 23.0. The molecular formula is C29H33ClN4O5. The maximum atomic E-state index is 13.7. The topological polar surface area (TPSA) is 104 Å². The molecule has 0 radical (unpaired) electrons. The van der Waals surface area contributed by atoms with Crippen LogP contribution in [0.1, 0.15) is 32.8 Å². The molecule has 9 nitrogen and oxygen atoms in total. The maximum absolute atomic E-state index is 13.7. The average Bonchev–Trinajstić information content (AvgIpc) is 3.49. The van der Waals surface area contributed by atoms with Gasteiger partial charge in [-0.3, -0.25) is 9.59 Å². The minimum Gasteiger partial charge on any atom is -0.444 e. The highest BCUT2D eigenvalue weighted by molar-refractivity contribution is 6.30. The SMILES string of the molecule is CC(C)(C)OC(=O)N1CC2OC(CC(=O)Nc3ccc(Cl)cc3)C(=O)N(CCc3c[nH]c4ccccc34)C2C1. The molecule has 0 spiro atoms. The number of H-pyrrole nitrogens is 1. The number of aromatic nitrogens is 1. The molecule has 2 saturated heterocycles. The Labute approximate surface area is 232 Å². The van der Waals surface area contributed by atoms with E-state index in [0.717, 1.165) is 16.5 Å². The fourth-order valence-electron chi connectivity index (χ4n) is 5.19. The number of amides is 3. The van der Waals surface area contributed by atoms with Crippen LogP contribution >= 0.6 is 11.6 Å². The number of nitrogens with zero attached hydrogens (tertiary/aromatic N) is 2. The second-order valence-electron chi connectivity index (χ2n) is 11.0. The number of anilines is 1. The third-order valence-corrected chi connectivity index (χ3v) is 7.23. The van der Waals surface area contributed by atoms with Gasteiger partial charge in [0.2, 0.25) is 5.91 Å². The van der Waals surface area contributed by atoms with Crippen LogP contribution in [0.2, 0.25) is 5.02 Å². The van der Waals surface area contributed by atoms with E-state index in [1.54, 1.807) is 34.1 Å². The predicted octanol–water partition coefficient (Wildman–Crippen LogP) is 4.61. The Morgan fingerprint density at radius 3 is 2.62 bits per heavy atom. The summed E-state index contributed by atoms with van der Waals surface area (Å²) in [5.74, 6) is -0.596. The molecule has 39 heavy (non-hydrogen) atoms. The number of aromatic amines is 1. The highest BCUT2D eigenvalue weighted by atomic mass is 35.5. The maximum Gasteiger partial charge on any atom is 0.410 e. The predicted molar refractivity (Wildman–Crippen MR) is 149 cm³/mol. The fraction of sp³-hybridized carbons (Fsp3) is 0.414. The monoisotopic (exact) mass is 552 g/mol. The summed E-state index contributed by atoms with van der Waals surface area (Å²) in [5.41, 5.74) is 2.07. The van der Waals surface area contributed by atoms with Crippen molar-refractivity contribution >= 4 is 46.1 Å². The summed E-state index contributed by atoms with van der Waals surface area (Å²) in [7, 11) is 0. The highest BCUT2D eigenvalue weighted by Crippen LogP contribution is 2.30. The summed E-state index contributed by atoms with van der Waals surface area (Å²) in [6.07, 6.45) is 0.620. The Bertz CT molecular complexity index is 1370.